The summed E-state index contributed by atoms with van der Waals surface area (Å²) < 4.78 is 7.49. The van der Waals surface area contributed by atoms with Crippen LogP contribution < -0.4 is 10.1 Å². The van der Waals surface area contributed by atoms with Gasteiger partial charge in [-0.15, -0.1) is 10.2 Å². The van der Waals surface area contributed by atoms with Crippen molar-refractivity contribution in [2.24, 2.45) is 0 Å². The molecule has 6 heteroatoms. The summed E-state index contributed by atoms with van der Waals surface area (Å²) in [7, 11) is 1.61. The summed E-state index contributed by atoms with van der Waals surface area (Å²) in [6, 6.07) is 5.48. The Morgan fingerprint density at radius 3 is 3.00 bits per heavy atom. The van der Waals surface area contributed by atoms with Gasteiger partial charge in [0.05, 0.1) is 7.11 Å². The highest BCUT2D eigenvalue weighted by Gasteiger charge is 2.15. The third-order valence-corrected chi connectivity index (χ3v) is 4.49. The molecule has 1 amide bonds. The van der Waals surface area contributed by atoms with Gasteiger partial charge in [0.1, 0.15) is 17.4 Å². The molecular formula is C18H24N4O2. The van der Waals surface area contributed by atoms with Gasteiger partial charge in [-0.2, -0.15) is 0 Å². The fraction of sp³-hybridized carbons (Fsp3) is 0.500. The molecule has 2 heterocycles. The predicted molar refractivity (Wildman–Crippen MR) is 91.3 cm³/mol. The number of nitrogens with one attached hydrogen (secondary N) is 1. The Balaban J connectivity index is 1.58. The fourth-order valence-corrected chi connectivity index (χ4v) is 3.08. The number of fused-ring (bicyclic) bond motifs is 1. The van der Waals surface area contributed by atoms with Crippen molar-refractivity contribution in [3.8, 4) is 5.75 Å². The van der Waals surface area contributed by atoms with E-state index in [4.69, 9.17) is 4.74 Å². The van der Waals surface area contributed by atoms with Crippen molar-refractivity contribution in [2.45, 2.75) is 45.6 Å². The summed E-state index contributed by atoms with van der Waals surface area (Å²) in [4.78, 5) is 12.3. The largest absolute Gasteiger partial charge is 0.496 e. The first-order valence-electron chi connectivity index (χ1n) is 8.53. The molecule has 1 aliphatic heterocycles. The number of ether oxygens (including phenoxy) is 1. The topological polar surface area (TPSA) is 69.0 Å². The van der Waals surface area contributed by atoms with E-state index in [-0.39, 0.29) is 5.91 Å². The van der Waals surface area contributed by atoms with Crippen molar-refractivity contribution in [1.29, 1.82) is 0 Å². The molecular weight excluding hydrogens is 304 g/mol. The van der Waals surface area contributed by atoms with E-state index in [1.165, 1.54) is 19.3 Å². The smallest absolute Gasteiger partial charge is 0.251 e. The lowest BCUT2D eigenvalue weighted by Crippen LogP contribution is -2.26. The molecule has 0 unspecified atom stereocenters. The molecule has 0 radical (unpaired) electrons. The third kappa shape index (κ3) is 3.58. The zero-order valence-corrected chi connectivity index (χ0v) is 14.3. The van der Waals surface area contributed by atoms with Gasteiger partial charge in [0.25, 0.3) is 5.91 Å². The van der Waals surface area contributed by atoms with E-state index in [1.807, 2.05) is 19.1 Å². The van der Waals surface area contributed by atoms with Crippen LogP contribution in [0.2, 0.25) is 0 Å². The number of carbonyl (C=O) groups is 1. The lowest BCUT2D eigenvalue weighted by atomic mass is 10.1. The van der Waals surface area contributed by atoms with E-state index in [2.05, 4.69) is 20.1 Å². The summed E-state index contributed by atoms with van der Waals surface area (Å²) in [6.07, 6.45) is 5.30. The number of carbonyl (C=O) groups excluding carboxylic acids is 1. The fourth-order valence-electron chi connectivity index (χ4n) is 3.08. The molecule has 2 aromatic rings. The number of methoxy groups -OCH3 is 1. The molecule has 6 nitrogen and oxygen atoms in total. The number of rotatable bonds is 5. The van der Waals surface area contributed by atoms with Gasteiger partial charge in [-0.25, -0.2) is 0 Å². The second kappa shape index (κ2) is 7.47. The van der Waals surface area contributed by atoms with E-state index in [9.17, 15) is 4.79 Å². The zero-order valence-electron chi connectivity index (χ0n) is 14.3. The number of nitrogens with zero attached hydrogens (tertiary/aromatic N) is 3. The minimum Gasteiger partial charge on any atom is -0.496 e. The average Bonchev–Trinajstić information content (AvgIpc) is 2.82. The zero-order chi connectivity index (χ0) is 16.9. The SMILES string of the molecule is COc1cc(C(=O)NCCc2nnc3n2CCCCC3)ccc1C. The van der Waals surface area contributed by atoms with Gasteiger partial charge in [-0.3, -0.25) is 4.79 Å². The Hall–Kier alpha value is -2.37. The van der Waals surface area contributed by atoms with Crippen molar-refractivity contribution in [2.75, 3.05) is 13.7 Å². The summed E-state index contributed by atoms with van der Waals surface area (Å²) in [6.45, 7) is 3.49. The molecule has 1 N–H and O–H groups in total. The molecule has 1 aromatic carbocycles. The van der Waals surface area contributed by atoms with Crippen LogP contribution in [-0.2, 0) is 19.4 Å². The number of hydrogen-bond donors (Lipinski definition) is 1. The lowest BCUT2D eigenvalue weighted by Gasteiger charge is -2.09. The first-order chi connectivity index (χ1) is 11.7. The molecule has 0 fully saturated rings. The van der Waals surface area contributed by atoms with E-state index < -0.39 is 0 Å². The van der Waals surface area contributed by atoms with Gasteiger partial charge in [-0.1, -0.05) is 12.5 Å². The highest BCUT2D eigenvalue weighted by Crippen LogP contribution is 2.19. The van der Waals surface area contributed by atoms with E-state index >= 15 is 0 Å². The van der Waals surface area contributed by atoms with E-state index in [1.54, 1.807) is 13.2 Å². The van der Waals surface area contributed by atoms with Crippen LogP contribution in [0.1, 0.15) is 46.8 Å². The summed E-state index contributed by atoms with van der Waals surface area (Å²) in [5.74, 6) is 2.68. The molecule has 0 saturated heterocycles. The van der Waals surface area contributed by atoms with Crippen LogP contribution in [0.4, 0.5) is 0 Å². The molecule has 0 bridgehead atoms. The van der Waals surface area contributed by atoms with Crippen LogP contribution in [0.5, 0.6) is 5.75 Å². The first kappa shape index (κ1) is 16.5. The third-order valence-electron chi connectivity index (χ3n) is 4.49. The van der Waals surface area contributed by atoms with Crippen LogP contribution in [0, 0.1) is 6.92 Å². The van der Waals surface area contributed by atoms with Gasteiger partial charge in [0.15, 0.2) is 0 Å². The molecule has 0 atom stereocenters. The molecule has 3 rings (SSSR count). The molecule has 128 valence electrons. The standard InChI is InChI=1S/C18H24N4O2/c1-13-7-8-14(12-15(13)24-2)18(23)19-10-9-17-21-20-16-6-4-3-5-11-22(16)17/h7-8,12H,3-6,9-11H2,1-2H3,(H,19,23). The van der Waals surface area contributed by atoms with Gasteiger partial charge >= 0.3 is 0 Å². The van der Waals surface area contributed by atoms with Gasteiger partial charge in [0, 0.05) is 31.5 Å². The minimum atomic E-state index is -0.0936. The van der Waals surface area contributed by atoms with Gasteiger partial charge in [-0.05, 0) is 37.5 Å². The Morgan fingerprint density at radius 1 is 1.29 bits per heavy atom. The minimum absolute atomic E-state index is 0.0936. The Kier molecular flexibility index (Phi) is 5.13. The van der Waals surface area contributed by atoms with Crippen molar-refractivity contribution in [3.05, 3.63) is 41.0 Å². The lowest BCUT2D eigenvalue weighted by molar-refractivity contribution is 0.0953. The number of hydrogen-bond acceptors (Lipinski definition) is 4. The Bertz CT molecular complexity index is 724. The van der Waals surface area contributed by atoms with Crippen LogP contribution in [0.25, 0.3) is 0 Å². The molecule has 1 aliphatic rings. The molecule has 0 spiro atoms. The van der Waals surface area contributed by atoms with Crippen LogP contribution in [-0.4, -0.2) is 34.3 Å². The number of aromatic nitrogens is 3. The maximum Gasteiger partial charge on any atom is 0.251 e. The van der Waals surface area contributed by atoms with Crippen LogP contribution in [0.15, 0.2) is 18.2 Å². The molecule has 1 aromatic heterocycles. The first-order valence-corrected chi connectivity index (χ1v) is 8.53. The summed E-state index contributed by atoms with van der Waals surface area (Å²) >= 11 is 0. The number of benzene rings is 1. The van der Waals surface area contributed by atoms with Crippen molar-refractivity contribution < 1.29 is 9.53 Å². The molecule has 24 heavy (non-hydrogen) atoms. The highest BCUT2D eigenvalue weighted by molar-refractivity contribution is 5.94. The van der Waals surface area contributed by atoms with Gasteiger partial charge in [0.2, 0.25) is 0 Å². The van der Waals surface area contributed by atoms with Gasteiger partial charge < -0.3 is 14.6 Å². The average molecular weight is 328 g/mol. The Morgan fingerprint density at radius 2 is 2.17 bits per heavy atom. The summed E-state index contributed by atoms with van der Waals surface area (Å²) in [5, 5.41) is 11.5. The highest BCUT2D eigenvalue weighted by atomic mass is 16.5. The molecule has 0 aliphatic carbocycles. The monoisotopic (exact) mass is 328 g/mol. The maximum atomic E-state index is 12.3. The second-order valence-electron chi connectivity index (χ2n) is 6.19. The van der Waals surface area contributed by atoms with Crippen molar-refractivity contribution >= 4 is 5.91 Å². The predicted octanol–water partition coefficient (Wildman–Crippen LogP) is 2.29. The normalized spacial score (nSPS) is 13.9. The maximum absolute atomic E-state index is 12.3. The summed E-state index contributed by atoms with van der Waals surface area (Å²) in [5.41, 5.74) is 1.62. The van der Waals surface area contributed by atoms with Crippen LogP contribution >= 0.6 is 0 Å². The van der Waals surface area contributed by atoms with Crippen LogP contribution in [0.3, 0.4) is 0 Å². The number of amides is 1. The van der Waals surface area contributed by atoms with Crippen molar-refractivity contribution in [3.63, 3.8) is 0 Å². The van der Waals surface area contributed by atoms with E-state index in [0.29, 0.717) is 18.5 Å². The Labute approximate surface area is 142 Å². The second-order valence-corrected chi connectivity index (χ2v) is 6.19. The quantitative estimate of drug-likeness (QED) is 0.914. The number of aryl methyl sites for hydroxylation is 2. The van der Waals surface area contributed by atoms with E-state index in [0.717, 1.165) is 35.9 Å². The van der Waals surface area contributed by atoms with Crippen molar-refractivity contribution in [1.82, 2.24) is 20.1 Å². The molecule has 0 saturated carbocycles.